The molecule has 144 valence electrons. The first kappa shape index (κ1) is 19.4. The van der Waals surface area contributed by atoms with Gasteiger partial charge in [-0.2, -0.15) is 0 Å². The van der Waals surface area contributed by atoms with Gasteiger partial charge in [0.1, 0.15) is 11.3 Å². The van der Waals surface area contributed by atoms with Crippen LogP contribution in [0.5, 0.6) is 0 Å². The molecule has 2 N–H and O–H groups in total. The fourth-order valence-corrected chi connectivity index (χ4v) is 2.84. The Bertz CT molecular complexity index is 941. The highest BCUT2D eigenvalue weighted by atomic mass is 32.2. The Hall–Kier alpha value is -3.33. The van der Waals surface area contributed by atoms with Crippen molar-refractivity contribution in [2.45, 2.75) is 11.8 Å². The van der Waals surface area contributed by atoms with E-state index in [1.165, 1.54) is 0 Å². The average Bonchev–Trinajstić information content (AvgIpc) is 3.13. The molecule has 0 radical (unpaired) electrons. The maximum absolute atomic E-state index is 11.7. The molecule has 8 nitrogen and oxygen atoms in total. The molecule has 0 saturated carbocycles. The monoisotopic (exact) mass is 399 g/mol. The molecule has 0 bridgehead atoms. The number of urea groups is 1. The molecule has 0 spiro atoms. The summed E-state index contributed by atoms with van der Waals surface area (Å²) in [7, 11) is 0. The third kappa shape index (κ3) is 5.85. The number of para-hydroxylation sites is 2. The van der Waals surface area contributed by atoms with Crippen LogP contribution in [0.3, 0.4) is 0 Å². The van der Waals surface area contributed by atoms with Gasteiger partial charge in [-0.1, -0.05) is 54.2 Å². The second-order valence-corrected chi connectivity index (χ2v) is 6.54. The number of esters is 1. The van der Waals surface area contributed by atoms with Crippen molar-refractivity contribution in [2.75, 3.05) is 12.4 Å². The summed E-state index contributed by atoms with van der Waals surface area (Å²) in [5.41, 5.74) is 2.21. The van der Waals surface area contributed by atoms with Crippen LogP contribution in [0, 0.1) is 0 Å². The van der Waals surface area contributed by atoms with E-state index in [-0.39, 0.29) is 12.3 Å². The summed E-state index contributed by atoms with van der Waals surface area (Å²) in [6.45, 7) is -0.271. The maximum atomic E-state index is 11.7. The van der Waals surface area contributed by atoms with Crippen LogP contribution >= 0.6 is 11.8 Å². The Labute approximate surface area is 164 Å². The number of benzene rings is 2. The van der Waals surface area contributed by atoms with Crippen LogP contribution in [0.15, 0.2) is 64.2 Å². The van der Waals surface area contributed by atoms with Gasteiger partial charge in [0.25, 0.3) is 11.1 Å². The van der Waals surface area contributed by atoms with E-state index in [1.807, 2.05) is 42.5 Å². The number of nitrogens with zero attached hydrogens (tertiary/aromatic N) is 1. The highest BCUT2D eigenvalue weighted by Gasteiger charge is 2.13. The predicted octanol–water partition coefficient (Wildman–Crippen LogP) is 2.49. The second-order valence-electron chi connectivity index (χ2n) is 5.61. The topological polar surface area (TPSA) is 111 Å². The van der Waals surface area contributed by atoms with E-state index >= 15 is 0 Å². The van der Waals surface area contributed by atoms with Crippen LogP contribution < -0.4 is 10.6 Å². The van der Waals surface area contributed by atoms with Gasteiger partial charge in [-0.25, -0.2) is 9.78 Å². The minimum absolute atomic E-state index is 0.0691. The van der Waals surface area contributed by atoms with Gasteiger partial charge in [0, 0.05) is 6.54 Å². The molecule has 0 aliphatic heterocycles. The molecule has 9 heteroatoms. The van der Waals surface area contributed by atoms with E-state index in [4.69, 9.17) is 9.15 Å². The summed E-state index contributed by atoms with van der Waals surface area (Å²) in [5, 5.41) is 4.97. The summed E-state index contributed by atoms with van der Waals surface area (Å²) in [4.78, 5) is 39.3. The predicted molar refractivity (Wildman–Crippen MR) is 103 cm³/mol. The molecule has 2 aromatic carbocycles. The van der Waals surface area contributed by atoms with Gasteiger partial charge >= 0.3 is 12.0 Å². The number of imide groups is 1. The first-order valence-corrected chi connectivity index (χ1v) is 9.34. The van der Waals surface area contributed by atoms with E-state index < -0.39 is 24.5 Å². The number of rotatable bonds is 7. The van der Waals surface area contributed by atoms with E-state index in [1.54, 1.807) is 12.1 Å². The number of aromatic nitrogens is 1. The molecule has 0 aliphatic rings. The number of oxazole rings is 1. The van der Waals surface area contributed by atoms with Crippen LogP contribution in [0.25, 0.3) is 11.1 Å². The van der Waals surface area contributed by atoms with Gasteiger partial charge in [-0.15, -0.1) is 0 Å². The van der Waals surface area contributed by atoms with Crippen LogP contribution in [0.4, 0.5) is 4.79 Å². The summed E-state index contributed by atoms with van der Waals surface area (Å²) in [6.07, 6.45) is 0. The number of amides is 3. The molecular weight excluding hydrogens is 382 g/mol. The molecule has 1 aromatic heterocycles. The molecule has 28 heavy (non-hydrogen) atoms. The fourth-order valence-electron chi connectivity index (χ4n) is 2.21. The minimum Gasteiger partial charge on any atom is -0.455 e. The van der Waals surface area contributed by atoms with Crippen LogP contribution in [-0.2, 0) is 20.9 Å². The Morgan fingerprint density at radius 1 is 1.04 bits per heavy atom. The first-order chi connectivity index (χ1) is 13.6. The number of hydrogen-bond acceptors (Lipinski definition) is 7. The molecule has 3 amide bonds. The Kier molecular flexibility index (Phi) is 6.64. The van der Waals surface area contributed by atoms with Gasteiger partial charge in [0.05, 0.1) is 0 Å². The number of carbonyl (C=O) groups excluding carboxylic acids is 3. The van der Waals surface area contributed by atoms with Gasteiger partial charge in [-0.3, -0.25) is 14.9 Å². The van der Waals surface area contributed by atoms with Gasteiger partial charge in [0.2, 0.25) is 0 Å². The summed E-state index contributed by atoms with van der Waals surface area (Å²) in [6, 6.07) is 15.8. The van der Waals surface area contributed by atoms with E-state index in [2.05, 4.69) is 15.6 Å². The maximum Gasteiger partial charge on any atom is 0.321 e. The molecular formula is C19H17N3O5S. The van der Waals surface area contributed by atoms with E-state index in [0.717, 1.165) is 17.3 Å². The number of thioether (sulfide) groups is 1. The van der Waals surface area contributed by atoms with E-state index in [0.29, 0.717) is 16.3 Å². The standard InChI is InChI=1S/C19H17N3O5S/c23-16(22-18(25)20-10-13-6-2-1-3-7-13)11-26-17(24)12-28-19-21-14-8-4-5-9-15(14)27-19/h1-9H,10-12H2,(H2,20,22,23,25). The first-order valence-electron chi connectivity index (χ1n) is 8.36. The molecule has 0 unspecified atom stereocenters. The molecule has 0 atom stereocenters. The molecule has 3 aromatic rings. The zero-order chi connectivity index (χ0) is 19.8. The molecule has 0 saturated heterocycles. The van der Waals surface area contributed by atoms with Crippen molar-refractivity contribution >= 4 is 40.8 Å². The summed E-state index contributed by atoms with van der Waals surface area (Å²) in [5.74, 6) is -1.40. The normalized spacial score (nSPS) is 10.4. The zero-order valence-corrected chi connectivity index (χ0v) is 15.5. The smallest absolute Gasteiger partial charge is 0.321 e. The number of hydrogen-bond donors (Lipinski definition) is 2. The summed E-state index contributed by atoms with van der Waals surface area (Å²) < 4.78 is 10.3. The minimum atomic E-state index is -0.717. The van der Waals surface area contributed by atoms with Crippen molar-refractivity contribution in [3.63, 3.8) is 0 Å². The third-order valence-electron chi connectivity index (χ3n) is 3.50. The Morgan fingerprint density at radius 2 is 1.79 bits per heavy atom. The summed E-state index contributed by atoms with van der Waals surface area (Å²) >= 11 is 1.06. The number of fused-ring (bicyclic) bond motifs is 1. The van der Waals surface area contributed by atoms with Crippen LogP contribution in [-0.4, -0.2) is 35.3 Å². The highest BCUT2D eigenvalue weighted by molar-refractivity contribution is 7.99. The van der Waals surface area contributed by atoms with Gasteiger partial charge in [0.15, 0.2) is 12.2 Å². The van der Waals surface area contributed by atoms with Crippen molar-refractivity contribution in [1.29, 1.82) is 0 Å². The average molecular weight is 399 g/mol. The molecule has 3 rings (SSSR count). The second kappa shape index (κ2) is 9.56. The lowest BCUT2D eigenvalue weighted by molar-refractivity contribution is -0.145. The van der Waals surface area contributed by atoms with Gasteiger partial charge < -0.3 is 14.5 Å². The Balaban J connectivity index is 1.34. The molecule has 0 fully saturated rings. The van der Waals surface area contributed by atoms with Crippen LogP contribution in [0.2, 0.25) is 0 Å². The lowest BCUT2D eigenvalue weighted by atomic mass is 10.2. The van der Waals surface area contributed by atoms with Crippen molar-refractivity contribution < 1.29 is 23.5 Å². The van der Waals surface area contributed by atoms with Crippen LogP contribution in [0.1, 0.15) is 5.56 Å². The van der Waals surface area contributed by atoms with E-state index in [9.17, 15) is 14.4 Å². The molecule has 0 aliphatic carbocycles. The quantitative estimate of drug-likeness (QED) is 0.464. The molecule has 1 heterocycles. The lowest BCUT2D eigenvalue weighted by Gasteiger charge is -2.07. The number of carbonyl (C=O) groups is 3. The lowest BCUT2D eigenvalue weighted by Crippen LogP contribution is -2.41. The van der Waals surface area contributed by atoms with Crippen molar-refractivity contribution in [3.8, 4) is 0 Å². The fraction of sp³-hybridized carbons (Fsp3) is 0.158. The Morgan fingerprint density at radius 3 is 2.57 bits per heavy atom. The largest absolute Gasteiger partial charge is 0.455 e. The third-order valence-corrected chi connectivity index (χ3v) is 4.30. The zero-order valence-electron chi connectivity index (χ0n) is 14.7. The van der Waals surface area contributed by atoms with Crippen molar-refractivity contribution in [3.05, 3.63) is 60.2 Å². The van der Waals surface area contributed by atoms with Crippen molar-refractivity contribution in [2.24, 2.45) is 0 Å². The van der Waals surface area contributed by atoms with Gasteiger partial charge in [-0.05, 0) is 17.7 Å². The number of ether oxygens (including phenoxy) is 1. The van der Waals surface area contributed by atoms with Crippen molar-refractivity contribution in [1.82, 2.24) is 15.6 Å². The number of nitrogens with one attached hydrogen (secondary N) is 2. The SMILES string of the molecule is O=C(COC(=O)CSc1nc2ccccc2o1)NC(=O)NCc1ccccc1. The highest BCUT2D eigenvalue weighted by Crippen LogP contribution is 2.22.